The Bertz CT molecular complexity index is 807. The van der Waals surface area contributed by atoms with Crippen LogP contribution in [0.5, 0.6) is 0 Å². The van der Waals surface area contributed by atoms with E-state index in [1.54, 1.807) is 11.1 Å². The molecule has 0 aromatic rings. The van der Waals surface area contributed by atoms with Crippen LogP contribution in [0.2, 0.25) is 0 Å². The number of rotatable bonds is 0. The Balaban J connectivity index is 1.33. The van der Waals surface area contributed by atoms with Crippen LogP contribution in [0.4, 0.5) is 0 Å². The first-order chi connectivity index (χ1) is 14.8. The third kappa shape index (κ3) is 2.82. The van der Waals surface area contributed by atoms with Gasteiger partial charge >= 0.3 is 0 Å². The number of piperidine rings is 1. The van der Waals surface area contributed by atoms with Gasteiger partial charge in [0, 0.05) is 24.9 Å². The molecule has 1 amide bonds. The van der Waals surface area contributed by atoms with Crippen molar-refractivity contribution >= 4 is 5.91 Å². The zero-order valence-electron chi connectivity index (χ0n) is 20.0. The predicted molar refractivity (Wildman–Crippen MR) is 122 cm³/mol. The molecule has 3 aliphatic heterocycles. The molecule has 4 nitrogen and oxygen atoms in total. The molecular formula is C27H42N2O2. The van der Waals surface area contributed by atoms with Gasteiger partial charge in [-0.05, 0) is 99.0 Å². The Labute approximate surface area is 188 Å². The maximum absolute atomic E-state index is 12.2. The van der Waals surface area contributed by atoms with Crippen LogP contribution in [0, 0.1) is 40.9 Å². The Morgan fingerprint density at radius 1 is 1.10 bits per heavy atom. The Morgan fingerprint density at radius 2 is 1.94 bits per heavy atom. The lowest BCUT2D eigenvalue weighted by molar-refractivity contribution is -0.121. The van der Waals surface area contributed by atoms with E-state index < -0.39 is 0 Å². The van der Waals surface area contributed by atoms with Gasteiger partial charge in [-0.3, -0.25) is 4.79 Å². The normalized spacial score (nSPS) is 54.0. The van der Waals surface area contributed by atoms with Crippen molar-refractivity contribution in [3.05, 3.63) is 11.1 Å². The minimum Gasteiger partial charge on any atom is -0.365 e. The fraction of sp³-hybridized carbons (Fsp3) is 0.889. The Kier molecular flexibility index (Phi) is 4.72. The maximum Gasteiger partial charge on any atom is 0.220 e. The average molecular weight is 427 g/mol. The lowest BCUT2D eigenvalue weighted by Crippen LogP contribution is -2.49. The van der Waals surface area contributed by atoms with Crippen molar-refractivity contribution in [3.63, 3.8) is 0 Å². The monoisotopic (exact) mass is 426 g/mol. The topological polar surface area (TPSA) is 50.4 Å². The van der Waals surface area contributed by atoms with Crippen molar-refractivity contribution in [1.82, 2.24) is 10.6 Å². The highest BCUT2D eigenvalue weighted by Crippen LogP contribution is 2.65. The first-order valence-electron chi connectivity index (χ1n) is 13.2. The number of allylic oxidation sites excluding steroid dienone is 1. The summed E-state index contributed by atoms with van der Waals surface area (Å²) in [6, 6.07) is 0.521. The van der Waals surface area contributed by atoms with Crippen LogP contribution in [0.15, 0.2) is 11.1 Å². The highest BCUT2D eigenvalue weighted by Gasteiger charge is 2.61. The average Bonchev–Trinajstić information content (AvgIpc) is 3.21. The van der Waals surface area contributed by atoms with E-state index in [0.29, 0.717) is 35.3 Å². The number of fused-ring (bicyclic) bond motifs is 6. The van der Waals surface area contributed by atoms with E-state index in [0.717, 1.165) is 43.7 Å². The number of hydrogen-bond donors (Lipinski definition) is 2. The molecule has 6 aliphatic rings. The van der Waals surface area contributed by atoms with Crippen LogP contribution in [-0.4, -0.2) is 36.7 Å². The SMILES string of the molecule is CC1=C2C[C@H]3[C@@H](CC[C@@H]4CNC(=O)CC[C@@]43C)[C@@H]2CC[C@]12O[C@@H]1C[C@H](C)CN[C@H]1[C@H]2C. The van der Waals surface area contributed by atoms with E-state index in [-0.39, 0.29) is 11.5 Å². The molecule has 0 unspecified atom stereocenters. The summed E-state index contributed by atoms with van der Waals surface area (Å²) in [4.78, 5) is 12.2. The Hall–Kier alpha value is -0.870. The minimum atomic E-state index is -0.0347. The smallest absolute Gasteiger partial charge is 0.220 e. The van der Waals surface area contributed by atoms with Gasteiger partial charge in [0.2, 0.25) is 5.91 Å². The molecule has 0 bridgehead atoms. The number of nitrogens with one attached hydrogen (secondary N) is 2. The minimum absolute atomic E-state index is 0.0347. The molecular weight excluding hydrogens is 384 g/mol. The van der Waals surface area contributed by atoms with Gasteiger partial charge in [0.05, 0.1) is 11.7 Å². The van der Waals surface area contributed by atoms with Gasteiger partial charge in [0.15, 0.2) is 0 Å². The summed E-state index contributed by atoms with van der Waals surface area (Å²) >= 11 is 0. The van der Waals surface area contributed by atoms with Gasteiger partial charge in [0.1, 0.15) is 0 Å². The van der Waals surface area contributed by atoms with Crippen molar-refractivity contribution in [1.29, 1.82) is 0 Å². The van der Waals surface area contributed by atoms with Gasteiger partial charge < -0.3 is 15.4 Å². The molecule has 0 aromatic heterocycles. The number of ether oxygens (including phenoxy) is 1. The number of carbonyl (C=O) groups excluding carboxylic acids is 1. The zero-order chi connectivity index (χ0) is 21.5. The van der Waals surface area contributed by atoms with Crippen molar-refractivity contribution in [2.45, 2.75) is 96.8 Å². The number of hydrogen-bond acceptors (Lipinski definition) is 3. The largest absolute Gasteiger partial charge is 0.365 e. The maximum atomic E-state index is 12.2. The highest BCUT2D eigenvalue weighted by atomic mass is 16.5. The molecule has 3 aliphatic carbocycles. The van der Waals surface area contributed by atoms with Crippen LogP contribution < -0.4 is 10.6 Å². The van der Waals surface area contributed by atoms with Crippen LogP contribution >= 0.6 is 0 Å². The second-order valence-corrected chi connectivity index (χ2v) is 12.5. The summed E-state index contributed by atoms with van der Waals surface area (Å²) in [5.74, 6) is 4.55. The molecule has 0 radical (unpaired) electrons. The van der Waals surface area contributed by atoms with Gasteiger partial charge in [-0.25, -0.2) is 0 Å². The van der Waals surface area contributed by atoms with Crippen LogP contribution in [0.1, 0.15) is 79.1 Å². The lowest BCUT2D eigenvalue weighted by Gasteiger charge is -2.49. The Morgan fingerprint density at radius 3 is 2.77 bits per heavy atom. The molecule has 3 heterocycles. The second kappa shape index (κ2) is 7.06. The summed E-state index contributed by atoms with van der Waals surface area (Å²) in [6.07, 6.45) is 9.83. The molecule has 172 valence electrons. The van der Waals surface area contributed by atoms with Crippen LogP contribution in [0.3, 0.4) is 0 Å². The van der Waals surface area contributed by atoms with Crippen molar-refractivity contribution in [2.24, 2.45) is 40.9 Å². The van der Waals surface area contributed by atoms with Gasteiger partial charge in [-0.2, -0.15) is 0 Å². The molecule has 3 saturated heterocycles. The van der Waals surface area contributed by atoms with Crippen molar-refractivity contribution in [2.75, 3.05) is 13.1 Å². The number of amides is 1. The fourth-order valence-corrected chi connectivity index (χ4v) is 9.41. The summed E-state index contributed by atoms with van der Waals surface area (Å²) < 4.78 is 7.04. The third-order valence-corrected chi connectivity index (χ3v) is 11.3. The van der Waals surface area contributed by atoms with E-state index in [1.165, 1.54) is 38.5 Å². The number of carbonyl (C=O) groups is 1. The molecule has 1 spiro atoms. The zero-order valence-corrected chi connectivity index (χ0v) is 20.0. The fourth-order valence-electron chi connectivity index (χ4n) is 9.41. The van der Waals surface area contributed by atoms with E-state index in [2.05, 4.69) is 38.3 Å². The van der Waals surface area contributed by atoms with E-state index >= 15 is 0 Å². The summed E-state index contributed by atoms with van der Waals surface area (Å²) in [5, 5.41) is 7.07. The highest BCUT2D eigenvalue weighted by molar-refractivity contribution is 5.76. The van der Waals surface area contributed by atoms with E-state index in [9.17, 15) is 4.79 Å². The second-order valence-electron chi connectivity index (χ2n) is 12.5. The third-order valence-electron chi connectivity index (χ3n) is 11.3. The standard InChI is InChI=1S/C27H42N2O2/c1-15-11-23-25(29-13-15)17(3)27(31-23)10-7-19-20-6-5-18-14-28-24(30)8-9-26(18,4)22(20)12-21(19)16(27)2/h15,17-20,22-23,25,29H,5-14H2,1-4H3,(H,28,30)/t15-,17+,18+,19-,20-,22-,23+,25-,26-,27-/m0/s1. The van der Waals surface area contributed by atoms with Gasteiger partial charge in [-0.15, -0.1) is 0 Å². The predicted octanol–water partition coefficient (Wildman–Crippen LogP) is 4.45. The van der Waals surface area contributed by atoms with E-state index in [4.69, 9.17) is 4.74 Å². The first-order valence-corrected chi connectivity index (χ1v) is 13.2. The molecule has 6 rings (SSSR count). The molecule has 10 atom stereocenters. The van der Waals surface area contributed by atoms with Gasteiger partial charge in [0.25, 0.3) is 0 Å². The van der Waals surface area contributed by atoms with Crippen molar-refractivity contribution < 1.29 is 9.53 Å². The molecule has 4 heteroatoms. The molecule has 5 fully saturated rings. The molecule has 31 heavy (non-hydrogen) atoms. The van der Waals surface area contributed by atoms with Crippen LogP contribution in [0.25, 0.3) is 0 Å². The molecule has 2 N–H and O–H groups in total. The molecule has 2 saturated carbocycles. The summed E-state index contributed by atoms with van der Waals surface area (Å²) in [6.45, 7) is 11.8. The van der Waals surface area contributed by atoms with Crippen LogP contribution in [-0.2, 0) is 9.53 Å². The van der Waals surface area contributed by atoms with Gasteiger partial charge in [-0.1, -0.05) is 26.3 Å². The molecule has 0 aromatic carbocycles. The quantitative estimate of drug-likeness (QED) is 0.563. The van der Waals surface area contributed by atoms with Crippen molar-refractivity contribution in [3.8, 4) is 0 Å². The lowest BCUT2D eigenvalue weighted by atomic mass is 9.55. The summed E-state index contributed by atoms with van der Waals surface area (Å²) in [7, 11) is 0. The summed E-state index contributed by atoms with van der Waals surface area (Å²) in [5.41, 5.74) is 3.66. The first kappa shape index (κ1) is 20.7. The van der Waals surface area contributed by atoms with E-state index in [1.807, 2.05) is 0 Å².